The molecule has 0 heterocycles. The minimum Gasteiger partial charge on any atom is -0.481 e. The van der Waals surface area contributed by atoms with Crippen molar-refractivity contribution in [1.82, 2.24) is 5.32 Å². The van der Waals surface area contributed by atoms with Gasteiger partial charge in [-0.25, -0.2) is 4.39 Å². The summed E-state index contributed by atoms with van der Waals surface area (Å²) in [7, 11) is 0. The fourth-order valence-corrected chi connectivity index (χ4v) is 4.33. The van der Waals surface area contributed by atoms with Crippen molar-refractivity contribution < 1.29 is 19.1 Å². The third-order valence-electron chi connectivity index (χ3n) is 5.75. The van der Waals surface area contributed by atoms with Gasteiger partial charge in [0.25, 0.3) is 0 Å². The summed E-state index contributed by atoms with van der Waals surface area (Å²) in [5, 5.41) is 12.1. The van der Waals surface area contributed by atoms with Crippen molar-refractivity contribution in [2.24, 2.45) is 5.92 Å². The first-order valence-electron chi connectivity index (χ1n) is 8.85. The number of aryl methyl sites for hydroxylation is 1. The van der Waals surface area contributed by atoms with Gasteiger partial charge in [-0.15, -0.1) is 0 Å². The monoisotopic (exact) mass is 353 g/mol. The minimum atomic E-state index is -1.00. The Hall–Kier alpha value is -2.69. The molecule has 4 rings (SSSR count). The van der Waals surface area contributed by atoms with E-state index in [0.717, 1.165) is 19.3 Å². The minimum absolute atomic E-state index is 0.0861. The molecule has 2 N–H and O–H groups in total. The summed E-state index contributed by atoms with van der Waals surface area (Å²) in [5.41, 5.74) is 3.08. The van der Waals surface area contributed by atoms with Gasteiger partial charge in [-0.1, -0.05) is 36.4 Å². The fourth-order valence-electron chi connectivity index (χ4n) is 4.33. The van der Waals surface area contributed by atoms with Crippen LogP contribution in [0.3, 0.4) is 0 Å². The van der Waals surface area contributed by atoms with Crippen molar-refractivity contribution in [1.29, 1.82) is 0 Å². The van der Waals surface area contributed by atoms with Crippen LogP contribution in [0.25, 0.3) is 0 Å². The van der Waals surface area contributed by atoms with E-state index in [9.17, 15) is 19.1 Å². The first kappa shape index (κ1) is 16.8. The highest BCUT2D eigenvalue weighted by atomic mass is 19.1. The molecule has 1 fully saturated rings. The molecule has 0 aromatic heterocycles. The summed E-state index contributed by atoms with van der Waals surface area (Å²) >= 11 is 0. The molecule has 2 aromatic rings. The first-order chi connectivity index (χ1) is 12.5. The molecule has 0 radical (unpaired) electrons. The Morgan fingerprint density at radius 3 is 2.65 bits per heavy atom. The summed E-state index contributed by atoms with van der Waals surface area (Å²) in [6, 6.07) is 13.2. The average Bonchev–Trinajstić information content (AvgIpc) is 3.24. The predicted molar refractivity (Wildman–Crippen MR) is 94.1 cm³/mol. The maximum absolute atomic E-state index is 13.2. The van der Waals surface area contributed by atoms with E-state index in [-0.39, 0.29) is 23.7 Å². The van der Waals surface area contributed by atoms with Crippen molar-refractivity contribution in [3.8, 4) is 0 Å². The zero-order valence-corrected chi connectivity index (χ0v) is 14.2. The molecule has 1 saturated carbocycles. The largest absolute Gasteiger partial charge is 0.481 e. The Morgan fingerprint density at radius 1 is 1.19 bits per heavy atom. The van der Waals surface area contributed by atoms with Crippen molar-refractivity contribution in [3.63, 3.8) is 0 Å². The molecule has 134 valence electrons. The van der Waals surface area contributed by atoms with E-state index in [2.05, 4.69) is 17.4 Å². The highest BCUT2D eigenvalue weighted by Crippen LogP contribution is 2.61. The molecular weight excluding hydrogens is 333 g/mol. The van der Waals surface area contributed by atoms with Crippen LogP contribution in [0.2, 0.25) is 0 Å². The Bertz CT molecular complexity index is 864. The van der Waals surface area contributed by atoms with E-state index in [4.69, 9.17) is 0 Å². The maximum Gasteiger partial charge on any atom is 0.305 e. The van der Waals surface area contributed by atoms with Gasteiger partial charge in [-0.05, 0) is 48.1 Å². The van der Waals surface area contributed by atoms with Crippen LogP contribution >= 0.6 is 0 Å². The SMILES string of the molecule is O=C(O)CC(NC(=O)C1CC12CCc1ccccc12)c1ccc(F)cc1. The van der Waals surface area contributed by atoms with Gasteiger partial charge in [0.15, 0.2) is 0 Å². The number of amides is 1. The van der Waals surface area contributed by atoms with Gasteiger partial charge in [0.2, 0.25) is 5.91 Å². The van der Waals surface area contributed by atoms with Gasteiger partial charge < -0.3 is 10.4 Å². The lowest BCUT2D eigenvalue weighted by atomic mass is 9.95. The summed E-state index contributed by atoms with van der Waals surface area (Å²) in [5.74, 6) is -1.63. The maximum atomic E-state index is 13.2. The standard InChI is InChI=1S/C21H20FNO3/c22-15-7-5-14(6-8-15)18(11-19(24)25)23-20(26)17-12-21(17)10-9-13-3-1-2-4-16(13)21/h1-8,17-18H,9-12H2,(H,23,26)(H,24,25). The lowest BCUT2D eigenvalue weighted by Crippen LogP contribution is -2.33. The highest BCUT2D eigenvalue weighted by Gasteiger charge is 2.61. The second kappa shape index (κ2) is 6.24. The van der Waals surface area contributed by atoms with Crippen LogP contribution in [0.15, 0.2) is 48.5 Å². The van der Waals surface area contributed by atoms with E-state index in [1.54, 1.807) is 0 Å². The lowest BCUT2D eigenvalue weighted by molar-refractivity contribution is -0.137. The number of halogens is 1. The molecule has 1 amide bonds. The Morgan fingerprint density at radius 2 is 1.92 bits per heavy atom. The van der Waals surface area contributed by atoms with E-state index in [1.165, 1.54) is 35.4 Å². The lowest BCUT2D eigenvalue weighted by Gasteiger charge is -2.19. The van der Waals surface area contributed by atoms with Gasteiger partial charge in [-0.3, -0.25) is 9.59 Å². The second-order valence-electron chi connectivity index (χ2n) is 7.28. The van der Waals surface area contributed by atoms with E-state index in [1.807, 2.05) is 12.1 Å². The van der Waals surface area contributed by atoms with Gasteiger partial charge in [0.1, 0.15) is 5.82 Å². The van der Waals surface area contributed by atoms with Crippen LogP contribution in [0, 0.1) is 11.7 Å². The van der Waals surface area contributed by atoms with Gasteiger partial charge in [0, 0.05) is 11.3 Å². The number of rotatable bonds is 5. The number of aliphatic carboxylic acids is 1. The number of carbonyl (C=O) groups is 2. The number of carboxylic acids is 1. The Labute approximate surface area is 151 Å². The molecule has 0 aliphatic heterocycles. The molecule has 5 heteroatoms. The molecule has 0 saturated heterocycles. The number of fused-ring (bicyclic) bond motifs is 2. The molecular formula is C21H20FNO3. The van der Waals surface area contributed by atoms with Crippen molar-refractivity contribution >= 4 is 11.9 Å². The molecule has 26 heavy (non-hydrogen) atoms. The van der Waals surface area contributed by atoms with Crippen molar-refractivity contribution in [2.45, 2.75) is 37.1 Å². The molecule has 2 aliphatic rings. The van der Waals surface area contributed by atoms with Crippen LogP contribution in [0.4, 0.5) is 4.39 Å². The number of benzene rings is 2. The van der Waals surface area contributed by atoms with E-state index < -0.39 is 17.8 Å². The summed E-state index contributed by atoms with van der Waals surface area (Å²) < 4.78 is 13.2. The third kappa shape index (κ3) is 2.87. The predicted octanol–water partition coefficient (Wildman–Crippen LogP) is 3.36. The zero-order valence-electron chi connectivity index (χ0n) is 14.2. The van der Waals surface area contributed by atoms with Gasteiger partial charge in [0.05, 0.1) is 12.5 Å². The molecule has 3 unspecified atom stereocenters. The molecule has 1 spiro atoms. The van der Waals surface area contributed by atoms with Crippen LogP contribution in [0.5, 0.6) is 0 Å². The summed E-state index contributed by atoms with van der Waals surface area (Å²) in [6.07, 6.45) is 2.52. The van der Waals surface area contributed by atoms with Crippen LogP contribution < -0.4 is 5.32 Å². The first-order valence-corrected chi connectivity index (χ1v) is 8.85. The Balaban J connectivity index is 1.51. The van der Waals surface area contributed by atoms with Crippen molar-refractivity contribution in [3.05, 3.63) is 71.0 Å². The number of nitrogens with one attached hydrogen (secondary N) is 1. The molecule has 2 aromatic carbocycles. The quantitative estimate of drug-likeness (QED) is 0.866. The van der Waals surface area contributed by atoms with Crippen LogP contribution in [-0.4, -0.2) is 17.0 Å². The third-order valence-corrected chi connectivity index (χ3v) is 5.75. The summed E-state index contributed by atoms with van der Waals surface area (Å²) in [4.78, 5) is 24.0. The van der Waals surface area contributed by atoms with Crippen molar-refractivity contribution in [2.75, 3.05) is 0 Å². The fraction of sp³-hybridized carbons (Fsp3) is 0.333. The number of carboxylic acid groups (broad SMARTS) is 1. The highest BCUT2D eigenvalue weighted by molar-refractivity contribution is 5.85. The number of hydrogen-bond donors (Lipinski definition) is 2. The second-order valence-corrected chi connectivity index (χ2v) is 7.28. The summed E-state index contributed by atoms with van der Waals surface area (Å²) in [6.45, 7) is 0. The molecule has 0 bridgehead atoms. The average molecular weight is 353 g/mol. The zero-order chi connectivity index (χ0) is 18.3. The van der Waals surface area contributed by atoms with Gasteiger partial charge in [-0.2, -0.15) is 0 Å². The van der Waals surface area contributed by atoms with E-state index in [0.29, 0.717) is 5.56 Å². The topological polar surface area (TPSA) is 66.4 Å². The van der Waals surface area contributed by atoms with Crippen LogP contribution in [-0.2, 0) is 21.4 Å². The smallest absolute Gasteiger partial charge is 0.305 e. The van der Waals surface area contributed by atoms with Gasteiger partial charge >= 0.3 is 5.97 Å². The Kier molecular flexibility index (Phi) is 4.02. The molecule has 3 atom stereocenters. The van der Waals surface area contributed by atoms with Crippen LogP contribution in [0.1, 0.15) is 42.0 Å². The number of carbonyl (C=O) groups excluding carboxylic acids is 1. The normalized spacial score (nSPS) is 24.1. The molecule has 4 nitrogen and oxygen atoms in total. The molecule has 2 aliphatic carbocycles. The van der Waals surface area contributed by atoms with E-state index >= 15 is 0 Å². The number of hydrogen-bond acceptors (Lipinski definition) is 2.